The largest absolute Gasteiger partial charge is 0.468 e. The van der Waals surface area contributed by atoms with Crippen LogP contribution in [0.2, 0.25) is 0 Å². The summed E-state index contributed by atoms with van der Waals surface area (Å²) in [5, 5.41) is 14.3. The van der Waals surface area contributed by atoms with Crippen molar-refractivity contribution in [3.05, 3.63) is 90.8 Å². The van der Waals surface area contributed by atoms with Gasteiger partial charge in [0.1, 0.15) is 5.69 Å². The maximum Gasteiger partial charge on any atom is 0.293 e. The van der Waals surface area contributed by atoms with Crippen LogP contribution in [0, 0.1) is 5.41 Å². The predicted molar refractivity (Wildman–Crippen MR) is 166 cm³/mol. The molecule has 41 heavy (non-hydrogen) atoms. The maximum absolute atomic E-state index is 9.67. The normalized spacial score (nSPS) is 11.4. The van der Waals surface area contributed by atoms with Crippen molar-refractivity contribution in [1.82, 2.24) is 25.5 Å². The average Bonchev–Trinajstić information content (AvgIpc) is 3.42. The van der Waals surface area contributed by atoms with Crippen LogP contribution >= 0.6 is 0 Å². The van der Waals surface area contributed by atoms with Gasteiger partial charge in [0.05, 0.1) is 29.4 Å². The van der Waals surface area contributed by atoms with E-state index >= 15 is 0 Å². The number of H-pyrrole nitrogens is 1. The number of para-hydroxylation sites is 1. The molecule has 3 aromatic carbocycles. The Bertz CT molecular complexity index is 1790. The van der Waals surface area contributed by atoms with E-state index in [4.69, 9.17) is 0 Å². The molecule has 0 saturated heterocycles. The van der Waals surface area contributed by atoms with Crippen LogP contribution in [-0.2, 0) is 16.1 Å². The molecule has 0 spiro atoms. The highest BCUT2D eigenvalue weighted by Crippen LogP contribution is 2.34. The monoisotopic (exact) mass is 545 g/mol. The van der Waals surface area contributed by atoms with Crippen molar-refractivity contribution in [2.45, 2.75) is 33.7 Å². The molecule has 208 valence electrons. The molecule has 0 amide bonds. The highest BCUT2D eigenvalue weighted by atomic mass is 16.5. The second kappa shape index (κ2) is 12.3. The molecule has 0 bridgehead atoms. The second-order valence-electron chi connectivity index (χ2n) is 11.3. The summed E-state index contributed by atoms with van der Waals surface area (Å²) in [4.78, 5) is 19.0. The van der Waals surface area contributed by atoms with Crippen molar-refractivity contribution in [2.75, 3.05) is 13.7 Å². The van der Waals surface area contributed by atoms with Crippen LogP contribution in [0.1, 0.15) is 32.8 Å². The average molecular weight is 546 g/mol. The number of nitrogens with zero attached hydrogens (tertiary/aromatic N) is 3. The molecular formula is C34H35N5O2. The minimum Gasteiger partial charge on any atom is -0.468 e. The first-order valence-corrected chi connectivity index (χ1v) is 13.8. The highest BCUT2D eigenvalue weighted by Gasteiger charge is 2.14. The van der Waals surface area contributed by atoms with Crippen molar-refractivity contribution in [3.8, 4) is 22.4 Å². The molecule has 0 saturated carbocycles. The van der Waals surface area contributed by atoms with Gasteiger partial charge in [0.15, 0.2) is 0 Å². The van der Waals surface area contributed by atoms with E-state index < -0.39 is 0 Å². The van der Waals surface area contributed by atoms with Gasteiger partial charge in [-0.15, -0.1) is 0 Å². The van der Waals surface area contributed by atoms with Gasteiger partial charge in [0, 0.05) is 40.0 Å². The van der Waals surface area contributed by atoms with Gasteiger partial charge in [0.25, 0.3) is 6.47 Å². The third-order valence-electron chi connectivity index (χ3n) is 6.96. The van der Waals surface area contributed by atoms with Crippen LogP contribution in [0.3, 0.4) is 0 Å². The van der Waals surface area contributed by atoms with Gasteiger partial charge in [-0.3, -0.25) is 19.9 Å². The molecular weight excluding hydrogens is 510 g/mol. The zero-order valence-corrected chi connectivity index (χ0v) is 23.9. The maximum atomic E-state index is 9.67. The fraction of sp³-hybridized carbons (Fsp3) is 0.235. The van der Waals surface area contributed by atoms with Crippen LogP contribution in [0.25, 0.3) is 55.1 Å². The van der Waals surface area contributed by atoms with E-state index in [1.54, 1.807) is 0 Å². The lowest BCUT2D eigenvalue weighted by atomic mass is 9.93. The molecule has 6 aromatic rings. The predicted octanol–water partition coefficient (Wildman–Crippen LogP) is 7.31. The Kier molecular flexibility index (Phi) is 8.36. The first kappa shape index (κ1) is 27.9. The quantitative estimate of drug-likeness (QED) is 0.161. The van der Waals surface area contributed by atoms with Crippen LogP contribution in [0.4, 0.5) is 0 Å². The van der Waals surface area contributed by atoms with Crippen LogP contribution < -0.4 is 5.32 Å². The Morgan fingerprint density at radius 3 is 2.39 bits per heavy atom. The number of nitrogens with one attached hydrogen (secondary N) is 2. The van der Waals surface area contributed by atoms with Gasteiger partial charge in [-0.1, -0.05) is 69.3 Å². The minimum atomic E-state index is 0.267. The summed E-state index contributed by atoms with van der Waals surface area (Å²) in [6, 6.07) is 25.3. The number of pyridine rings is 2. The first-order chi connectivity index (χ1) is 19.9. The summed E-state index contributed by atoms with van der Waals surface area (Å²) in [7, 11) is 1.96. The van der Waals surface area contributed by atoms with Gasteiger partial charge >= 0.3 is 0 Å². The van der Waals surface area contributed by atoms with E-state index in [1.807, 2.05) is 37.6 Å². The first-order valence-electron chi connectivity index (χ1n) is 13.8. The molecule has 3 aromatic heterocycles. The summed E-state index contributed by atoms with van der Waals surface area (Å²) in [5.41, 5.74) is 8.62. The molecule has 7 heteroatoms. The summed E-state index contributed by atoms with van der Waals surface area (Å²) < 4.78 is 4.53. The fourth-order valence-corrected chi connectivity index (χ4v) is 4.72. The number of benzene rings is 3. The van der Waals surface area contributed by atoms with E-state index in [0.29, 0.717) is 13.1 Å². The van der Waals surface area contributed by atoms with E-state index in [-0.39, 0.29) is 5.41 Å². The number of hydrogen-bond acceptors (Lipinski definition) is 6. The zero-order chi connectivity index (χ0) is 28.8. The molecule has 0 aliphatic carbocycles. The van der Waals surface area contributed by atoms with E-state index in [0.717, 1.165) is 68.1 Å². The SMILES string of the molecule is CC(C)(C)CCOC=O.CNCc1ccc(-c2n[nH]c3cnc4ccc(-c5cnc6ccccc6c5)cc4c23)cc1. The van der Waals surface area contributed by atoms with Crippen molar-refractivity contribution in [3.63, 3.8) is 0 Å². The number of hydrogen-bond donors (Lipinski definition) is 2. The van der Waals surface area contributed by atoms with E-state index in [1.165, 1.54) is 5.56 Å². The van der Waals surface area contributed by atoms with Crippen LogP contribution in [-0.4, -0.2) is 40.3 Å². The standard InChI is InChI=1S/C27H21N5.C7H14O2/c1-28-14-17-6-8-18(9-7-17)27-26-22-13-19(10-11-24(22)30-16-25(26)31-32-27)21-12-20-4-2-3-5-23(20)29-15-21;1-7(2,3)4-5-9-6-8/h2-13,15-16,28H,14H2,1H3,(H,31,32);6H,4-5H2,1-3H3. The zero-order valence-electron chi connectivity index (χ0n) is 23.9. The number of fused-ring (bicyclic) bond motifs is 4. The lowest BCUT2D eigenvalue weighted by molar-refractivity contribution is -0.129. The third-order valence-corrected chi connectivity index (χ3v) is 6.96. The van der Waals surface area contributed by atoms with Crippen molar-refractivity contribution in [2.24, 2.45) is 5.41 Å². The molecule has 7 nitrogen and oxygen atoms in total. The Hall–Kier alpha value is -4.62. The van der Waals surface area contributed by atoms with Gasteiger partial charge in [-0.2, -0.15) is 5.10 Å². The summed E-state index contributed by atoms with van der Waals surface area (Å²) >= 11 is 0. The summed E-state index contributed by atoms with van der Waals surface area (Å²) in [5.74, 6) is 0. The number of rotatable bonds is 7. The smallest absolute Gasteiger partial charge is 0.293 e. The van der Waals surface area contributed by atoms with E-state index in [2.05, 4.69) is 106 Å². The third kappa shape index (κ3) is 6.58. The van der Waals surface area contributed by atoms with Gasteiger partial charge < -0.3 is 10.1 Å². The van der Waals surface area contributed by atoms with E-state index in [9.17, 15) is 4.79 Å². The number of aromatic nitrogens is 4. The number of aromatic amines is 1. The molecule has 2 N–H and O–H groups in total. The molecule has 0 fully saturated rings. The Morgan fingerprint density at radius 1 is 0.878 bits per heavy atom. The molecule has 0 radical (unpaired) electrons. The van der Waals surface area contributed by atoms with Gasteiger partial charge in [-0.05, 0) is 54.3 Å². The van der Waals surface area contributed by atoms with Gasteiger partial charge in [-0.25, -0.2) is 0 Å². The number of carbonyl (C=O) groups excluding carboxylic acids is 1. The fourth-order valence-electron chi connectivity index (χ4n) is 4.72. The van der Waals surface area contributed by atoms with Crippen molar-refractivity contribution in [1.29, 1.82) is 0 Å². The molecule has 0 atom stereocenters. The lowest BCUT2D eigenvalue weighted by Crippen LogP contribution is -2.08. The van der Waals surface area contributed by atoms with Gasteiger partial charge in [0.2, 0.25) is 0 Å². The van der Waals surface area contributed by atoms with Crippen molar-refractivity contribution >= 4 is 39.2 Å². The highest BCUT2D eigenvalue weighted by molar-refractivity contribution is 6.11. The van der Waals surface area contributed by atoms with Crippen LogP contribution in [0.5, 0.6) is 0 Å². The molecule has 0 aliphatic rings. The van der Waals surface area contributed by atoms with Crippen molar-refractivity contribution < 1.29 is 9.53 Å². The summed E-state index contributed by atoms with van der Waals surface area (Å²) in [6.07, 6.45) is 4.72. The topological polar surface area (TPSA) is 92.8 Å². The molecule has 0 aliphatic heterocycles. The minimum absolute atomic E-state index is 0.267. The molecule has 3 heterocycles. The van der Waals surface area contributed by atoms with Crippen LogP contribution in [0.15, 0.2) is 85.2 Å². The summed E-state index contributed by atoms with van der Waals surface area (Å²) in [6.45, 7) is 8.21. The number of carbonyl (C=O) groups is 1. The Morgan fingerprint density at radius 2 is 1.63 bits per heavy atom. The molecule has 6 rings (SSSR count). The Balaban J connectivity index is 0.000000327. The Labute approximate surface area is 240 Å². The lowest BCUT2D eigenvalue weighted by Gasteiger charge is -2.16. The molecule has 0 unspecified atom stereocenters. The second-order valence-corrected chi connectivity index (χ2v) is 11.3. The number of ether oxygens (including phenoxy) is 1.